The van der Waals surface area contributed by atoms with Gasteiger partial charge in [0.1, 0.15) is 0 Å². The van der Waals surface area contributed by atoms with Crippen LogP contribution in [0.15, 0.2) is 48.5 Å². The number of H-pyrrole nitrogens is 1. The van der Waals surface area contributed by atoms with E-state index in [1.165, 1.54) is 5.52 Å². The van der Waals surface area contributed by atoms with Crippen LogP contribution in [0.2, 0.25) is 5.02 Å². The molecule has 1 fully saturated rings. The zero-order chi connectivity index (χ0) is 19.5. The Morgan fingerprint density at radius 1 is 1.11 bits per heavy atom. The third-order valence-electron chi connectivity index (χ3n) is 5.59. The summed E-state index contributed by atoms with van der Waals surface area (Å²) in [6, 6.07) is 15.9. The fraction of sp³-hybridized carbons (Fsp3) is 0.364. The molecule has 0 bridgehead atoms. The Morgan fingerprint density at radius 3 is 2.57 bits per heavy atom. The number of nitrogens with zero attached hydrogens (tertiary/aromatic N) is 2. The van der Waals surface area contributed by atoms with Gasteiger partial charge in [-0.05, 0) is 74.4 Å². The zero-order valence-corrected chi connectivity index (χ0v) is 17.3. The molecular weight excluding hydrogens is 390 g/mol. The lowest BCUT2D eigenvalue weighted by molar-refractivity contribution is 0.0970. The molecule has 4 nitrogen and oxygen atoms in total. The number of rotatable bonds is 6. The molecule has 0 unspecified atom stereocenters. The van der Waals surface area contributed by atoms with Gasteiger partial charge in [0.25, 0.3) is 0 Å². The van der Waals surface area contributed by atoms with Crippen molar-refractivity contribution in [3.05, 3.63) is 63.9 Å². The molecule has 0 spiro atoms. The summed E-state index contributed by atoms with van der Waals surface area (Å²) >= 11 is 11.4. The van der Waals surface area contributed by atoms with Crippen molar-refractivity contribution in [2.75, 3.05) is 19.6 Å². The first-order valence-electron chi connectivity index (χ1n) is 9.82. The van der Waals surface area contributed by atoms with Gasteiger partial charge in [0.2, 0.25) is 0 Å². The Labute approximate surface area is 175 Å². The van der Waals surface area contributed by atoms with E-state index in [9.17, 15) is 4.79 Å². The summed E-state index contributed by atoms with van der Waals surface area (Å²) in [6.45, 7) is 3.05. The molecule has 0 saturated carbocycles. The van der Waals surface area contributed by atoms with Gasteiger partial charge in [0, 0.05) is 36.1 Å². The van der Waals surface area contributed by atoms with Crippen molar-refractivity contribution in [1.82, 2.24) is 14.5 Å². The summed E-state index contributed by atoms with van der Waals surface area (Å²) in [6.07, 6.45) is 3.64. The highest BCUT2D eigenvalue weighted by Gasteiger charge is 2.22. The maximum atomic E-state index is 12.3. The number of para-hydroxylation sites is 2. The number of imidazole rings is 1. The van der Waals surface area contributed by atoms with Crippen LogP contribution < -0.4 is 0 Å². The average Bonchev–Trinajstić information content (AvgIpc) is 3.05. The highest BCUT2D eigenvalue weighted by Crippen LogP contribution is 2.27. The number of piperidine rings is 1. The first kappa shape index (κ1) is 19.4. The lowest BCUT2D eigenvalue weighted by Crippen LogP contribution is -2.35. The maximum Gasteiger partial charge on any atom is 0.178 e. The minimum absolute atomic E-state index is 0.191. The summed E-state index contributed by atoms with van der Waals surface area (Å²) in [7, 11) is 0. The topological polar surface area (TPSA) is 41.0 Å². The van der Waals surface area contributed by atoms with Crippen LogP contribution in [0.4, 0.5) is 0 Å². The number of aromatic amines is 1. The van der Waals surface area contributed by atoms with Crippen molar-refractivity contribution in [3.8, 4) is 0 Å². The van der Waals surface area contributed by atoms with Crippen molar-refractivity contribution in [3.63, 3.8) is 0 Å². The molecule has 4 rings (SSSR count). The smallest absolute Gasteiger partial charge is 0.178 e. The second-order valence-corrected chi connectivity index (χ2v) is 8.25. The number of hydrogen-bond donors (Lipinski definition) is 1. The lowest BCUT2D eigenvalue weighted by Gasteiger charge is -2.32. The number of benzene rings is 2. The fourth-order valence-corrected chi connectivity index (χ4v) is 4.56. The molecule has 0 radical (unpaired) electrons. The van der Waals surface area contributed by atoms with E-state index in [4.69, 9.17) is 23.8 Å². The van der Waals surface area contributed by atoms with Gasteiger partial charge in [0.15, 0.2) is 10.6 Å². The Bertz CT molecular complexity index is 1020. The Morgan fingerprint density at radius 2 is 1.82 bits per heavy atom. The number of Topliss-reactive ketones (excluding diaryl/α,β-unsaturated/α-hetero) is 1. The van der Waals surface area contributed by atoms with Gasteiger partial charge in [-0.3, -0.25) is 4.79 Å². The molecule has 1 aromatic heterocycles. The minimum atomic E-state index is 0.191. The molecule has 0 aliphatic carbocycles. The molecule has 1 aliphatic heterocycles. The molecule has 2 heterocycles. The second-order valence-electron chi connectivity index (χ2n) is 7.42. The van der Waals surface area contributed by atoms with Crippen LogP contribution in [0.5, 0.6) is 0 Å². The molecule has 1 N–H and O–H groups in total. The number of carbonyl (C=O) groups is 1. The SMILES string of the molecule is O=C(CCCN1CCC(n2c(=S)[nH]c3ccccc32)CC1)c1ccc(Cl)cc1. The quantitative estimate of drug-likeness (QED) is 0.419. The van der Waals surface area contributed by atoms with Crippen LogP contribution in [-0.4, -0.2) is 39.9 Å². The van der Waals surface area contributed by atoms with E-state index in [-0.39, 0.29) is 5.78 Å². The molecule has 2 aromatic carbocycles. The fourth-order valence-electron chi connectivity index (χ4n) is 4.08. The first-order chi connectivity index (χ1) is 13.6. The predicted octanol–water partition coefficient (Wildman–Crippen LogP) is 5.65. The van der Waals surface area contributed by atoms with Crippen molar-refractivity contribution >= 4 is 40.6 Å². The number of fused-ring (bicyclic) bond motifs is 1. The number of carbonyl (C=O) groups excluding carboxylic acids is 1. The molecule has 0 atom stereocenters. The molecule has 3 aromatic rings. The average molecular weight is 414 g/mol. The lowest BCUT2D eigenvalue weighted by atomic mass is 10.0. The monoisotopic (exact) mass is 413 g/mol. The van der Waals surface area contributed by atoms with Gasteiger partial charge in [-0.1, -0.05) is 23.7 Å². The minimum Gasteiger partial charge on any atom is -0.331 e. The highest BCUT2D eigenvalue weighted by atomic mass is 35.5. The third-order valence-corrected chi connectivity index (χ3v) is 6.14. The van der Waals surface area contributed by atoms with E-state index >= 15 is 0 Å². The van der Waals surface area contributed by atoms with Crippen LogP contribution in [0.3, 0.4) is 0 Å². The van der Waals surface area contributed by atoms with Gasteiger partial charge in [-0.25, -0.2) is 0 Å². The van der Waals surface area contributed by atoms with Crippen LogP contribution in [0.25, 0.3) is 11.0 Å². The Balaban J connectivity index is 1.28. The van der Waals surface area contributed by atoms with Gasteiger partial charge >= 0.3 is 0 Å². The molecular formula is C22H24ClN3OS. The normalized spacial score (nSPS) is 15.9. The van der Waals surface area contributed by atoms with Crippen molar-refractivity contribution < 1.29 is 4.79 Å². The standard InChI is InChI=1S/C22H24ClN3OS/c23-17-9-7-16(8-10-17)21(27)6-3-13-25-14-11-18(12-15-25)26-20-5-2-1-4-19(20)24-22(26)28/h1-2,4-5,7-10,18H,3,6,11-15H2,(H,24,28). The Hall–Kier alpha value is -1.95. The number of likely N-dealkylation sites (tertiary alicyclic amines) is 1. The van der Waals surface area contributed by atoms with Crippen LogP contribution in [0, 0.1) is 4.77 Å². The van der Waals surface area contributed by atoms with E-state index in [0.717, 1.165) is 54.7 Å². The van der Waals surface area contributed by atoms with E-state index in [1.54, 1.807) is 24.3 Å². The summed E-state index contributed by atoms with van der Waals surface area (Å²) < 4.78 is 3.10. The molecule has 0 amide bonds. The van der Waals surface area contributed by atoms with E-state index in [1.807, 2.05) is 6.07 Å². The van der Waals surface area contributed by atoms with E-state index in [0.29, 0.717) is 17.5 Å². The van der Waals surface area contributed by atoms with Gasteiger partial charge < -0.3 is 14.5 Å². The second kappa shape index (κ2) is 8.60. The van der Waals surface area contributed by atoms with Gasteiger partial charge in [0.05, 0.1) is 11.0 Å². The highest BCUT2D eigenvalue weighted by molar-refractivity contribution is 7.71. The van der Waals surface area contributed by atoms with Crippen molar-refractivity contribution in [1.29, 1.82) is 0 Å². The summed E-state index contributed by atoms with van der Waals surface area (Å²) in [4.78, 5) is 18.1. The maximum absolute atomic E-state index is 12.3. The number of ketones is 1. The van der Waals surface area contributed by atoms with Crippen molar-refractivity contribution in [2.45, 2.75) is 31.7 Å². The van der Waals surface area contributed by atoms with Crippen LogP contribution in [-0.2, 0) is 0 Å². The molecule has 146 valence electrons. The number of aromatic nitrogens is 2. The molecule has 28 heavy (non-hydrogen) atoms. The molecule has 1 aliphatic rings. The number of nitrogens with one attached hydrogen (secondary N) is 1. The predicted molar refractivity (Wildman–Crippen MR) is 117 cm³/mol. The summed E-state index contributed by atoms with van der Waals surface area (Å²) in [5.74, 6) is 0.191. The van der Waals surface area contributed by atoms with Gasteiger partial charge in [-0.2, -0.15) is 0 Å². The molecule has 6 heteroatoms. The van der Waals surface area contributed by atoms with E-state index in [2.05, 4.69) is 32.7 Å². The zero-order valence-electron chi connectivity index (χ0n) is 15.7. The summed E-state index contributed by atoms with van der Waals surface area (Å²) in [5.41, 5.74) is 3.05. The van der Waals surface area contributed by atoms with Crippen molar-refractivity contribution in [2.24, 2.45) is 0 Å². The number of hydrogen-bond acceptors (Lipinski definition) is 3. The van der Waals surface area contributed by atoms with Crippen LogP contribution >= 0.6 is 23.8 Å². The third kappa shape index (κ3) is 4.22. The van der Waals surface area contributed by atoms with Crippen LogP contribution in [0.1, 0.15) is 42.1 Å². The largest absolute Gasteiger partial charge is 0.331 e. The first-order valence-corrected chi connectivity index (χ1v) is 10.6. The number of halogens is 1. The van der Waals surface area contributed by atoms with Gasteiger partial charge in [-0.15, -0.1) is 0 Å². The summed E-state index contributed by atoms with van der Waals surface area (Å²) in [5, 5.41) is 0.662. The molecule has 1 saturated heterocycles. The van der Waals surface area contributed by atoms with E-state index < -0.39 is 0 Å². The Kier molecular flexibility index (Phi) is 5.95.